The minimum Gasteiger partial charge on any atom is -0.444 e. The van der Waals surface area contributed by atoms with Crippen LogP contribution in [0.1, 0.15) is 36.7 Å². The topological polar surface area (TPSA) is 96.5 Å². The van der Waals surface area contributed by atoms with E-state index in [0.29, 0.717) is 16.9 Å². The highest BCUT2D eigenvalue weighted by molar-refractivity contribution is 6.07. The lowest BCUT2D eigenvalue weighted by Crippen LogP contribution is -2.37. The molecule has 0 aliphatic carbocycles. The largest absolute Gasteiger partial charge is 0.444 e. The lowest BCUT2D eigenvalue weighted by Gasteiger charge is -2.19. The zero-order valence-corrected chi connectivity index (χ0v) is 16.5. The molecule has 0 radical (unpaired) electrons. The van der Waals surface area contributed by atoms with E-state index in [2.05, 4.69) is 16.0 Å². The number of para-hydroxylation sites is 2. The molecule has 3 N–H and O–H groups in total. The standard InChI is InChI=1S/C21H25N3O4/c1-14-9-11-15(12-10-14)19(26)24-17-8-6-5-7-16(17)23-18(25)13-22-20(27)28-21(2,3)4/h5-12H,13H2,1-4H3,(H,22,27)(H,23,25)(H,24,26). The summed E-state index contributed by atoms with van der Waals surface area (Å²) < 4.78 is 5.08. The number of aryl methyl sites for hydroxylation is 1. The number of benzene rings is 2. The molecule has 0 aromatic heterocycles. The lowest BCUT2D eigenvalue weighted by atomic mass is 10.1. The van der Waals surface area contributed by atoms with E-state index in [1.807, 2.05) is 19.1 Å². The quantitative estimate of drug-likeness (QED) is 0.733. The van der Waals surface area contributed by atoms with E-state index >= 15 is 0 Å². The highest BCUT2D eigenvalue weighted by Gasteiger charge is 2.17. The molecule has 148 valence electrons. The van der Waals surface area contributed by atoms with Crippen molar-refractivity contribution in [3.05, 3.63) is 59.7 Å². The molecular weight excluding hydrogens is 358 g/mol. The Bertz CT molecular complexity index is 855. The first kappa shape index (κ1) is 21.0. The fourth-order valence-electron chi connectivity index (χ4n) is 2.26. The Balaban J connectivity index is 1.97. The van der Waals surface area contributed by atoms with Crippen LogP contribution < -0.4 is 16.0 Å². The summed E-state index contributed by atoms with van der Waals surface area (Å²) >= 11 is 0. The fraction of sp³-hybridized carbons (Fsp3) is 0.286. The van der Waals surface area contributed by atoms with Gasteiger partial charge in [-0.25, -0.2) is 4.79 Å². The van der Waals surface area contributed by atoms with Crippen LogP contribution in [-0.4, -0.2) is 30.1 Å². The van der Waals surface area contributed by atoms with E-state index in [4.69, 9.17) is 4.74 Å². The maximum Gasteiger partial charge on any atom is 0.408 e. The van der Waals surface area contributed by atoms with Crippen LogP contribution in [0.2, 0.25) is 0 Å². The lowest BCUT2D eigenvalue weighted by molar-refractivity contribution is -0.115. The van der Waals surface area contributed by atoms with E-state index in [1.54, 1.807) is 57.2 Å². The van der Waals surface area contributed by atoms with Gasteiger partial charge in [0.05, 0.1) is 11.4 Å². The molecule has 28 heavy (non-hydrogen) atoms. The summed E-state index contributed by atoms with van der Waals surface area (Å²) in [5.74, 6) is -0.725. The second-order valence-electron chi connectivity index (χ2n) is 7.27. The molecule has 0 spiro atoms. The summed E-state index contributed by atoms with van der Waals surface area (Å²) in [5, 5.41) is 7.84. The summed E-state index contributed by atoms with van der Waals surface area (Å²) in [6.07, 6.45) is -0.677. The van der Waals surface area contributed by atoms with Gasteiger partial charge in [-0.2, -0.15) is 0 Å². The molecule has 2 rings (SSSR count). The molecule has 0 heterocycles. The molecule has 0 bridgehead atoms. The predicted octanol–water partition coefficient (Wildman–Crippen LogP) is 3.71. The molecule has 0 saturated carbocycles. The van der Waals surface area contributed by atoms with Gasteiger partial charge in [0.25, 0.3) is 5.91 Å². The number of alkyl carbamates (subject to hydrolysis) is 1. The molecule has 0 saturated heterocycles. The maximum absolute atomic E-state index is 12.4. The molecule has 2 aromatic carbocycles. The minimum absolute atomic E-state index is 0.255. The number of anilines is 2. The maximum atomic E-state index is 12.4. The number of hydrogen-bond donors (Lipinski definition) is 3. The number of ether oxygens (including phenoxy) is 1. The summed E-state index contributed by atoms with van der Waals surface area (Å²) in [7, 11) is 0. The Morgan fingerprint density at radius 1 is 0.893 bits per heavy atom. The van der Waals surface area contributed by atoms with Crippen LogP contribution in [0, 0.1) is 6.92 Å². The van der Waals surface area contributed by atoms with Crippen LogP contribution in [0.15, 0.2) is 48.5 Å². The molecule has 0 aliphatic heterocycles. The van der Waals surface area contributed by atoms with E-state index in [0.717, 1.165) is 5.56 Å². The van der Waals surface area contributed by atoms with Crippen LogP contribution in [0.4, 0.5) is 16.2 Å². The summed E-state index contributed by atoms with van der Waals surface area (Å²) in [6, 6.07) is 14.0. The summed E-state index contributed by atoms with van der Waals surface area (Å²) in [5.41, 5.74) is 1.81. The molecule has 7 nitrogen and oxygen atoms in total. The van der Waals surface area contributed by atoms with Gasteiger partial charge in [-0.05, 0) is 52.0 Å². The van der Waals surface area contributed by atoms with Crippen LogP contribution in [0.3, 0.4) is 0 Å². The first-order valence-corrected chi connectivity index (χ1v) is 8.88. The zero-order chi connectivity index (χ0) is 20.7. The second kappa shape index (κ2) is 9.03. The van der Waals surface area contributed by atoms with Gasteiger partial charge in [0, 0.05) is 5.56 Å². The fourth-order valence-corrected chi connectivity index (χ4v) is 2.26. The Hall–Kier alpha value is -3.35. The van der Waals surface area contributed by atoms with Gasteiger partial charge < -0.3 is 20.7 Å². The molecule has 0 unspecified atom stereocenters. The third kappa shape index (κ3) is 6.75. The van der Waals surface area contributed by atoms with Gasteiger partial charge in [0.1, 0.15) is 12.1 Å². The summed E-state index contributed by atoms with van der Waals surface area (Å²) in [6.45, 7) is 6.89. The van der Waals surface area contributed by atoms with Crippen LogP contribution in [0.25, 0.3) is 0 Å². The number of carbonyl (C=O) groups excluding carboxylic acids is 3. The van der Waals surface area contributed by atoms with Gasteiger partial charge in [-0.15, -0.1) is 0 Å². The zero-order valence-electron chi connectivity index (χ0n) is 16.5. The molecule has 0 fully saturated rings. The van der Waals surface area contributed by atoms with Crippen molar-refractivity contribution >= 4 is 29.3 Å². The average molecular weight is 383 g/mol. The number of amides is 3. The molecule has 0 aliphatic rings. The monoisotopic (exact) mass is 383 g/mol. The van der Waals surface area contributed by atoms with Gasteiger partial charge in [-0.1, -0.05) is 29.8 Å². The van der Waals surface area contributed by atoms with Crippen molar-refractivity contribution in [2.45, 2.75) is 33.3 Å². The van der Waals surface area contributed by atoms with Crippen molar-refractivity contribution < 1.29 is 19.1 Å². The number of hydrogen-bond acceptors (Lipinski definition) is 4. The second-order valence-corrected chi connectivity index (χ2v) is 7.27. The Morgan fingerprint density at radius 2 is 1.46 bits per heavy atom. The highest BCUT2D eigenvalue weighted by atomic mass is 16.6. The van der Waals surface area contributed by atoms with Gasteiger partial charge in [0.15, 0.2) is 0 Å². The first-order chi connectivity index (χ1) is 13.1. The minimum atomic E-state index is -0.677. The molecule has 7 heteroatoms. The van der Waals surface area contributed by atoms with Crippen molar-refractivity contribution in [1.29, 1.82) is 0 Å². The molecule has 0 atom stereocenters. The number of carbonyl (C=O) groups is 3. The van der Waals surface area contributed by atoms with E-state index < -0.39 is 17.6 Å². The Morgan fingerprint density at radius 3 is 2.04 bits per heavy atom. The Labute approximate surface area is 164 Å². The molecular formula is C21H25N3O4. The van der Waals surface area contributed by atoms with E-state index in [1.165, 1.54) is 0 Å². The van der Waals surface area contributed by atoms with Gasteiger partial charge in [0.2, 0.25) is 5.91 Å². The third-order valence-electron chi connectivity index (χ3n) is 3.56. The van der Waals surface area contributed by atoms with Crippen molar-refractivity contribution in [2.75, 3.05) is 17.2 Å². The van der Waals surface area contributed by atoms with Crippen molar-refractivity contribution in [1.82, 2.24) is 5.32 Å². The van der Waals surface area contributed by atoms with Crippen LogP contribution >= 0.6 is 0 Å². The van der Waals surface area contributed by atoms with Gasteiger partial charge >= 0.3 is 6.09 Å². The smallest absolute Gasteiger partial charge is 0.408 e. The van der Waals surface area contributed by atoms with Crippen LogP contribution in [0.5, 0.6) is 0 Å². The third-order valence-corrected chi connectivity index (χ3v) is 3.56. The first-order valence-electron chi connectivity index (χ1n) is 8.88. The van der Waals surface area contributed by atoms with E-state index in [9.17, 15) is 14.4 Å². The molecule has 3 amide bonds. The van der Waals surface area contributed by atoms with Gasteiger partial charge in [-0.3, -0.25) is 9.59 Å². The van der Waals surface area contributed by atoms with Crippen molar-refractivity contribution in [3.8, 4) is 0 Å². The average Bonchev–Trinajstić information content (AvgIpc) is 2.61. The van der Waals surface area contributed by atoms with E-state index in [-0.39, 0.29) is 12.5 Å². The highest BCUT2D eigenvalue weighted by Crippen LogP contribution is 2.21. The Kier molecular flexibility index (Phi) is 6.76. The van der Waals surface area contributed by atoms with Crippen molar-refractivity contribution in [2.24, 2.45) is 0 Å². The normalized spacial score (nSPS) is 10.7. The van der Waals surface area contributed by atoms with Crippen molar-refractivity contribution in [3.63, 3.8) is 0 Å². The predicted molar refractivity (Wildman–Crippen MR) is 108 cm³/mol. The number of nitrogens with one attached hydrogen (secondary N) is 3. The van der Waals surface area contributed by atoms with Crippen LogP contribution in [-0.2, 0) is 9.53 Å². The molecule has 2 aromatic rings. The SMILES string of the molecule is Cc1ccc(C(=O)Nc2ccccc2NC(=O)CNC(=O)OC(C)(C)C)cc1. The number of rotatable bonds is 5. The summed E-state index contributed by atoms with van der Waals surface area (Å²) in [4.78, 5) is 36.2.